The second kappa shape index (κ2) is 9.48. The van der Waals surface area contributed by atoms with Crippen LogP contribution in [0.3, 0.4) is 0 Å². The number of aryl methyl sites for hydroxylation is 1. The van der Waals surface area contributed by atoms with Crippen LogP contribution < -0.4 is 5.32 Å². The summed E-state index contributed by atoms with van der Waals surface area (Å²) < 4.78 is 2.04. The molecule has 1 heterocycles. The quantitative estimate of drug-likeness (QED) is 0.603. The lowest BCUT2D eigenvalue weighted by Crippen LogP contribution is -2.40. The van der Waals surface area contributed by atoms with Crippen molar-refractivity contribution in [1.29, 1.82) is 0 Å². The fourth-order valence-electron chi connectivity index (χ4n) is 4.55. The van der Waals surface area contributed by atoms with E-state index < -0.39 is 0 Å². The Labute approximate surface area is 179 Å². The maximum Gasteiger partial charge on any atom is 0.239 e. The van der Waals surface area contributed by atoms with E-state index >= 15 is 0 Å². The number of likely N-dealkylation sites (N-methyl/N-ethyl adjacent to an activating group) is 1. The van der Waals surface area contributed by atoms with E-state index in [1.165, 1.54) is 48.8 Å². The lowest BCUT2D eigenvalue weighted by Gasteiger charge is -2.31. The Hall–Kier alpha value is -2.59. The number of nitrogens with zero attached hydrogens (tertiary/aromatic N) is 2. The summed E-state index contributed by atoms with van der Waals surface area (Å²) in [5.41, 5.74) is 4.78. The van der Waals surface area contributed by atoms with Crippen LogP contribution in [0.15, 0.2) is 54.7 Å². The molecule has 30 heavy (non-hydrogen) atoms. The summed E-state index contributed by atoms with van der Waals surface area (Å²) in [4.78, 5) is 14.9. The first-order valence-corrected chi connectivity index (χ1v) is 11.2. The predicted molar refractivity (Wildman–Crippen MR) is 125 cm³/mol. The van der Waals surface area contributed by atoms with Gasteiger partial charge in [-0.1, -0.05) is 55.2 Å². The monoisotopic (exact) mass is 403 g/mol. The van der Waals surface area contributed by atoms with Gasteiger partial charge in [0.25, 0.3) is 0 Å². The minimum absolute atomic E-state index is 0.0761. The van der Waals surface area contributed by atoms with Gasteiger partial charge in [0.05, 0.1) is 0 Å². The summed E-state index contributed by atoms with van der Waals surface area (Å²) >= 11 is 0. The molecule has 3 aromatic rings. The molecule has 1 aliphatic rings. The lowest BCUT2D eigenvalue weighted by atomic mass is 9.94. The van der Waals surface area contributed by atoms with Gasteiger partial charge in [0.1, 0.15) is 6.54 Å². The van der Waals surface area contributed by atoms with Crippen molar-refractivity contribution in [1.82, 2.24) is 14.8 Å². The number of aromatic nitrogens is 1. The predicted octanol–water partition coefficient (Wildman–Crippen LogP) is 5.00. The number of rotatable bonds is 7. The number of carbonyl (C=O) groups is 1. The van der Waals surface area contributed by atoms with Gasteiger partial charge in [-0.2, -0.15) is 0 Å². The van der Waals surface area contributed by atoms with Crippen LogP contribution in [-0.2, 0) is 11.3 Å². The average Bonchev–Trinajstić information content (AvgIpc) is 3.16. The topological polar surface area (TPSA) is 37.3 Å². The molecule has 1 amide bonds. The Bertz CT molecular complexity index is 983. The highest BCUT2D eigenvalue weighted by atomic mass is 16.1. The van der Waals surface area contributed by atoms with Crippen LogP contribution >= 0.6 is 0 Å². The van der Waals surface area contributed by atoms with Gasteiger partial charge >= 0.3 is 0 Å². The molecular weight excluding hydrogens is 370 g/mol. The van der Waals surface area contributed by atoms with Crippen molar-refractivity contribution in [2.75, 3.05) is 20.1 Å². The molecule has 4 nitrogen and oxygen atoms in total. The molecule has 4 rings (SSSR count). The summed E-state index contributed by atoms with van der Waals surface area (Å²) in [6.07, 6.45) is 8.66. The molecule has 2 aromatic carbocycles. The molecule has 4 heteroatoms. The molecule has 0 atom stereocenters. The van der Waals surface area contributed by atoms with Gasteiger partial charge in [0.15, 0.2) is 0 Å². The van der Waals surface area contributed by atoms with Gasteiger partial charge in [-0.3, -0.25) is 4.79 Å². The van der Waals surface area contributed by atoms with Gasteiger partial charge in [0, 0.05) is 36.2 Å². The van der Waals surface area contributed by atoms with E-state index in [1.807, 2.05) is 10.8 Å². The molecule has 158 valence electrons. The van der Waals surface area contributed by atoms with Crippen LogP contribution in [0.4, 0.5) is 0 Å². The van der Waals surface area contributed by atoms with Gasteiger partial charge in [-0.05, 0) is 56.1 Å². The van der Waals surface area contributed by atoms with Crippen molar-refractivity contribution in [3.05, 3.63) is 60.3 Å². The molecule has 0 bridgehead atoms. The first-order valence-electron chi connectivity index (χ1n) is 11.2. The molecule has 1 saturated carbocycles. The minimum atomic E-state index is 0.0761. The van der Waals surface area contributed by atoms with Crippen LogP contribution in [0.1, 0.15) is 37.7 Å². The maximum atomic E-state index is 12.5. The fourth-order valence-corrected chi connectivity index (χ4v) is 4.55. The first-order chi connectivity index (χ1) is 14.6. The van der Waals surface area contributed by atoms with Crippen molar-refractivity contribution in [3.63, 3.8) is 0 Å². The summed E-state index contributed by atoms with van der Waals surface area (Å²) in [5, 5.41) is 4.26. The zero-order valence-electron chi connectivity index (χ0n) is 18.2. The highest BCUT2D eigenvalue weighted by molar-refractivity contribution is 5.87. The number of hydrogen-bond acceptors (Lipinski definition) is 2. The minimum Gasteiger partial charge on any atom is -0.353 e. The molecule has 0 spiro atoms. The van der Waals surface area contributed by atoms with E-state index in [9.17, 15) is 4.79 Å². The zero-order valence-corrected chi connectivity index (χ0v) is 18.2. The second-order valence-corrected chi connectivity index (χ2v) is 8.71. The number of carbonyl (C=O) groups excluding carboxylic acids is 1. The van der Waals surface area contributed by atoms with E-state index in [4.69, 9.17) is 0 Å². The molecule has 1 aromatic heterocycles. The summed E-state index contributed by atoms with van der Waals surface area (Å²) in [6.45, 7) is 4.10. The van der Waals surface area contributed by atoms with Gasteiger partial charge in [-0.25, -0.2) is 0 Å². The first kappa shape index (κ1) is 20.7. The fraction of sp³-hybridized carbons (Fsp3) is 0.423. The second-order valence-electron chi connectivity index (χ2n) is 8.71. The molecule has 1 aliphatic carbocycles. The molecular formula is C26H33N3O. The van der Waals surface area contributed by atoms with Crippen LogP contribution in [0.2, 0.25) is 0 Å². The summed E-state index contributed by atoms with van der Waals surface area (Å²) in [5.74, 6) is 0.0761. The van der Waals surface area contributed by atoms with Crippen LogP contribution in [0.5, 0.6) is 0 Å². The van der Waals surface area contributed by atoms with Crippen LogP contribution in [0, 0.1) is 6.92 Å². The zero-order chi connectivity index (χ0) is 20.9. The highest BCUT2D eigenvalue weighted by Gasteiger charge is 2.17. The number of amides is 1. The number of fused-ring (bicyclic) bond motifs is 1. The molecule has 0 aliphatic heterocycles. The number of nitrogens with one attached hydrogen (secondary N) is 1. The Morgan fingerprint density at radius 1 is 1.03 bits per heavy atom. The van der Waals surface area contributed by atoms with Crippen molar-refractivity contribution in [2.24, 2.45) is 0 Å². The van der Waals surface area contributed by atoms with Gasteiger partial charge in [-0.15, -0.1) is 0 Å². The Kier molecular flexibility index (Phi) is 6.53. The van der Waals surface area contributed by atoms with E-state index in [0.29, 0.717) is 19.1 Å². The lowest BCUT2D eigenvalue weighted by molar-refractivity contribution is -0.121. The third-order valence-corrected chi connectivity index (χ3v) is 6.45. The van der Waals surface area contributed by atoms with Crippen molar-refractivity contribution < 1.29 is 4.79 Å². The van der Waals surface area contributed by atoms with Crippen LogP contribution in [-0.4, -0.2) is 41.6 Å². The van der Waals surface area contributed by atoms with Gasteiger partial charge in [0.2, 0.25) is 5.91 Å². The van der Waals surface area contributed by atoms with Crippen molar-refractivity contribution in [2.45, 2.75) is 51.6 Å². The Morgan fingerprint density at radius 3 is 2.53 bits per heavy atom. The molecule has 0 radical (unpaired) electrons. The molecule has 0 saturated heterocycles. The Balaban J connectivity index is 1.33. The van der Waals surface area contributed by atoms with Crippen LogP contribution in [0.25, 0.3) is 22.0 Å². The molecule has 1 N–H and O–H groups in total. The normalized spacial score (nSPS) is 15.0. The van der Waals surface area contributed by atoms with E-state index in [-0.39, 0.29) is 5.91 Å². The standard InChI is InChI=1S/C26H33N3O/c1-20-8-10-21(11-9-20)22-12-13-25-23(18-22)14-16-29(25)19-26(30)27-15-17-28(2)24-6-4-3-5-7-24/h8-14,16,18,24H,3-7,15,17,19H2,1-2H3,(H,27,30). The Morgan fingerprint density at radius 2 is 1.77 bits per heavy atom. The molecule has 1 fully saturated rings. The molecule has 0 unspecified atom stereocenters. The third kappa shape index (κ3) is 4.93. The van der Waals surface area contributed by atoms with Crippen molar-refractivity contribution in [3.8, 4) is 11.1 Å². The van der Waals surface area contributed by atoms with E-state index in [0.717, 1.165) is 17.4 Å². The smallest absolute Gasteiger partial charge is 0.239 e. The third-order valence-electron chi connectivity index (χ3n) is 6.45. The summed E-state index contributed by atoms with van der Waals surface area (Å²) in [6, 6.07) is 17.8. The summed E-state index contributed by atoms with van der Waals surface area (Å²) in [7, 11) is 2.19. The number of hydrogen-bond donors (Lipinski definition) is 1. The average molecular weight is 404 g/mol. The van der Waals surface area contributed by atoms with Crippen molar-refractivity contribution >= 4 is 16.8 Å². The maximum absolute atomic E-state index is 12.5. The SMILES string of the molecule is Cc1ccc(-c2ccc3c(ccn3CC(=O)NCCN(C)C3CCCCC3)c2)cc1. The largest absolute Gasteiger partial charge is 0.353 e. The van der Waals surface area contributed by atoms with E-state index in [2.05, 4.69) is 72.7 Å². The highest BCUT2D eigenvalue weighted by Crippen LogP contribution is 2.25. The van der Waals surface area contributed by atoms with E-state index in [1.54, 1.807) is 0 Å². The number of benzene rings is 2. The van der Waals surface area contributed by atoms with Gasteiger partial charge < -0.3 is 14.8 Å².